The van der Waals surface area contributed by atoms with Crippen LogP contribution in [0.2, 0.25) is 0 Å². The molecule has 6 heteroatoms. The fourth-order valence-corrected chi connectivity index (χ4v) is 6.32. The van der Waals surface area contributed by atoms with E-state index < -0.39 is 0 Å². The van der Waals surface area contributed by atoms with Gasteiger partial charge in [-0.15, -0.1) is 0 Å². The van der Waals surface area contributed by atoms with E-state index >= 15 is 0 Å². The van der Waals surface area contributed by atoms with Crippen LogP contribution in [0, 0.1) is 0 Å². The van der Waals surface area contributed by atoms with Gasteiger partial charge < -0.3 is 16.0 Å². The lowest BCUT2D eigenvalue weighted by Gasteiger charge is -2.26. The van der Waals surface area contributed by atoms with Gasteiger partial charge in [-0.25, -0.2) is 4.79 Å². The maximum atomic E-state index is 12.7. The molecule has 0 aliphatic carbocycles. The Hall–Kier alpha value is -2.47. The Balaban J connectivity index is 1.26. The lowest BCUT2D eigenvalue weighted by molar-refractivity contribution is -0.121. The minimum Gasteiger partial charge on any atom is -0.353 e. The van der Waals surface area contributed by atoms with Crippen molar-refractivity contribution in [2.75, 3.05) is 5.75 Å². The third-order valence-electron chi connectivity index (χ3n) is 6.29. The van der Waals surface area contributed by atoms with Crippen molar-refractivity contribution in [1.29, 1.82) is 0 Å². The van der Waals surface area contributed by atoms with Crippen LogP contribution in [-0.2, 0) is 4.79 Å². The second-order valence-electron chi connectivity index (χ2n) is 8.52. The van der Waals surface area contributed by atoms with Gasteiger partial charge in [-0.1, -0.05) is 67.1 Å². The normalized spacial score (nSPS) is 23.2. The number of fused-ring (bicyclic) bond motifs is 1. The molecule has 4 rings (SSSR count). The van der Waals surface area contributed by atoms with Crippen LogP contribution in [0.1, 0.15) is 49.7 Å². The Morgan fingerprint density at radius 1 is 1.03 bits per heavy atom. The quantitative estimate of drug-likeness (QED) is 0.409. The summed E-state index contributed by atoms with van der Waals surface area (Å²) in [6.45, 7) is 2.09. The molecule has 3 N–H and O–H groups in total. The predicted octanol–water partition coefficient (Wildman–Crippen LogP) is 4.05. The standard InChI is InChI=1S/C25H31N3O2S/c1-17(23(18-10-4-2-5-11-18)19-12-6-3-7-13-19)26-22(29)15-9-8-14-21-24-20(16-31-21)27-25(30)28-24/h2-7,10-13,17,20-21,23-24H,8-9,14-16H2,1H3,(H,26,29)(H2,27,28,30)/t17-,20-,21-,24-/m0/s1. The highest BCUT2D eigenvalue weighted by atomic mass is 32.2. The van der Waals surface area contributed by atoms with E-state index in [1.807, 2.05) is 48.2 Å². The molecule has 0 bridgehead atoms. The number of carbonyl (C=O) groups is 2. The lowest BCUT2D eigenvalue weighted by atomic mass is 9.85. The first-order valence-electron chi connectivity index (χ1n) is 11.2. The highest BCUT2D eigenvalue weighted by Gasteiger charge is 2.42. The van der Waals surface area contributed by atoms with Crippen LogP contribution in [0.25, 0.3) is 0 Å². The van der Waals surface area contributed by atoms with Gasteiger partial charge in [0.25, 0.3) is 0 Å². The van der Waals surface area contributed by atoms with Gasteiger partial charge >= 0.3 is 6.03 Å². The van der Waals surface area contributed by atoms with Gasteiger partial charge in [0.15, 0.2) is 0 Å². The number of urea groups is 1. The number of carbonyl (C=O) groups excluding carboxylic acids is 2. The van der Waals surface area contributed by atoms with Crippen LogP contribution in [-0.4, -0.2) is 41.1 Å². The number of rotatable bonds is 9. The predicted molar refractivity (Wildman–Crippen MR) is 126 cm³/mol. The van der Waals surface area contributed by atoms with Crippen LogP contribution in [0.3, 0.4) is 0 Å². The average molecular weight is 438 g/mol. The fraction of sp³-hybridized carbons (Fsp3) is 0.440. The van der Waals surface area contributed by atoms with Crippen LogP contribution in [0.5, 0.6) is 0 Å². The van der Waals surface area contributed by atoms with E-state index in [-0.39, 0.29) is 36.0 Å². The average Bonchev–Trinajstić information content (AvgIpc) is 3.32. The van der Waals surface area contributed by atoms with Gasteiger partial charge in [-0.05, 0) is 30.9 Å². The molecular formula is C25H31N3O2S. The van der Waals surface area contributed by atoms with Crippen molar-refractivity contribution in [2.45, 2.75) is 61.9 Å². The summed E-state index contributed by atoms with van der Waals surface area (Å²) in [6, 6.07) is 21.2. The van der Waals surface area contributed by atoms with Crippen molar-refractivity contribution in [3.63, 3.8) is 0 Å². The molecule has 2 aromatic carbocycles. The van der Waals surface area contributed by atoms with Crippen molar-refractivity contribution in [3.8, 4) is 0 Å². The second-order valence-corrected chi connectivity index (χ2v) is 9.80. The van der Waals surface area contributed by atoms with Crippen molar-refractivity contribution >= 4 is 23.7 Å². The van der Waals surface area contributed by atoms with E-state index in [1.165, 1.54) is 11.1 Å². The van der Waals surface area contributed by atoms with Crippen molar-refractivity contribution in [2.24, 2.45) is 0 Å². The summed E-state index contributed by atoms with van der Waals surface area (Å²) in [6.07, 6.45) is 3.44. The van der Waals surface area contributed by atoms with E-state index in [2.05, 4.69) is 47.1 Å². The van der Waals surface area contributed by atoms with E-state index in [4.69, 9.17) is 0 Å². The zero-order chi connectivity index (χ0) is 21.6. The van der Waals surface area contributed by atoms with E-state index in [9.17, 15) is 9.59 Å². The monoisotopic (exact) mass is 437 g/mol. The van der Waals surface area contributed by atoms with E-state index in [0.717, 1.165) is 25.0 Å². The number of benzene rings is 2. The van der Waals surface area contributed by atoms with Gasteiger partial charge in [-0.2, -0.15) is 11.8 Å². The number of thioether (sulfide) groups is 1. The summed E-state index contributed by atoms with van der Waals surface area (Å²) >= 11 is 1.93. The van der Waals surface area contributed by atoms with Crippen molar-refractivity contribution < 1.29 is 9.59 Å². The van der Waals surface area contributed by atoms with Gasteiger partial charge in [-0.3, -0.25) is 4.79 Å². The molecule has 4 atom stereocenters. The summed E-state index contributed by atoms with van der Waals surface area (Å²) in [5.41, 5.74) is 2.42. The molecule has 2 heterocycles. The van der Waals surface area contributed by atoms with Crippen LogP contribution in [0.15, 0.2) is 60.7 Å². The SMILES string of the molecule is C[C@H](NC(=O)CCCC[C@@H]1SC[C@@H]2NC(=O)N[C@@H]21)C(c1ccccc1)c1ccccc1. The summed E-state index contributed by atoms with van der Waals surface area (Å²) in [7, 11) is 0. The highest BCUT2D eigenvalue weighted by molar-refractivity contribution is 8.00. The van der Waals surface area contributed by atoms with Crippen LogP contribution >= 0.6 is 11.8 Å². The molecule has 2 saturated heterocycles. The molecule has 0 aromatic heterocycles. The van der Waals surface area contributed by atoms with Gasteiger partial charge in [0.05, 0.1) is 12.1 Å². The van der Waals surface area contributed by atoms with Crippen LogP contribution in [0.4, 0.5) is 4.79 Å². The third-order valence-corrected chi connectivity index (χ3v) is 7.80. The molecule has 31 heavy (non-hydrogen) atoms. The first-order chi connectivity index (χ1) is 15.1. The molecule has 2 fully saturated rings. The molecule has 0 radical (unpaired) electrons. The van der Waals surface area contributed by atoms with Gasteiger partial charge in [0.2, 0.25) is 5.91 Å². The molecule has 2 aliphatic rings. The zero-order valence-electron chi connectivity index (χ0n) is 17.9. The first-order valence-corrected chi connectivity index (χ1v) is 12.2. The highest BCUT2D eigenvalue weighted by Crippen LogP contribution is 2.33. The smallest absolute Gasteiger partial charge is 0.315 e. The minimum atomic E-state index is -0.0416. The topological polar surface area (TPSA) is 70.2 Å². The van der Waals surface area contributed by atoms with Gasteiger partial charge in [0, 0.05) is 29.4 Å². The zero-order valence-corrected chi connectivity index (χ0v) is 18.7. The molecule has 0 spiro atoms. The largest absolute Gasteiger partial charge is 0.353 e. The third kappa shape index (κ3) is 5.42. The Morgan fingerprint density at radius 2 is 1.68 bits per heavy atom. The summed E-state index contributed by atoms with van der Waals surface area (Å²) < 4.78 is 0. The number of amides is 3. The minimum absolute atomic E-state index is 0.00298. The summed E-state index contributed by atoms with van der Waals surface area (Å²) in [4.78, 5) is 24.2. The Bertz CT molecular complexity index is 837. The molecule has 2 aliphatic heterocycles. The molecule has 164 valence electrons. The van der Waals surface area contributed by atoms with Crippen LogP contribution < -0.4 is 16.0 Å². The maximum absolute atomic E-state index is 12.7. The number of hydrogen-bond donors (Lipinski definition) is 3. The summed E-state index contributed by atoms with van der Waals surface area (Å²) in [5.74, 6) is 1.21. The lowest BCUT2D eigenvalue weighted by Crippen LogP contribution is -2.37. The number of unbranched alkanes of at least 4 members (excludes halogenated alkanes) is 1. The first kappa shape index (κ1) is 21.8. The molecular weight excluding hydrogens is 406 g/mol. The molecule has 0 unspecified atom stereocenters. The Morgan fingerprint density at radius 3 is 2.32 bits per heavy atom. The molecule has 0 saturated carbocycles. The summed E-state index contributed by atoms with van der Waals surface area (Å²) in [5, 5.41) is 9.70. The van der Waals surface area contributed by atoms with Crippen molar-refractivity contribution in [1.82, 2.24) is 16.0 Å². The molecule has 3 amide bonds. The van der Waals surface area contributed by atoms with Gasteiger partial charge in [0.1, 0.15) is 0 Å². The Kier molecular flexibility index (Phi) is 7.17. The molecule has 2 aromatic rings. The fourth-order valence-electron chi connectivity index (χ4n) is 4.77. The van der Waals surface area contributed by atoms with E-state index in [0.29, 0.717) is 11.7 Å². The molecule has 5 nitrogen and oxygen atoms in total. The van der Waals surface area contributed by atoms with E-state index in [1.54, 1.807) is 0 Å². The Labute approximate surface area is 188 Å². The van der Waals surface area contributed by atoms with Crippen molar-refractivity contribution in [3.05, 3.63) is 71.8 Å². The number of hydrogen-bond acceptors (Lipinski definition) is 3. The number of nitrogens with one attached hydrogen (secondary N) is 3. The maximum Gasteiger partial charge on any atom is 0.315 e. The second kappa shape index (κ2) is 10.2.